The summed E-state index contributed by atoms with van der Waals surface area (Å²) < 4.78 is 82.2. The summed E-state index contributed by atoms with van der Waals surface area (Å²) in [6.45, 7) is -1.11. The van der Waals surface area contributed by atoms with Gasteiger partial charge in [-0.15, -0.1) is 0 Å². The number of alkyl halides is 5. The molecule has 0 aliphatic carbocycles. The van der Waals surface area contributed by atoms with E-state index >= 15 is 0 Å². The van der Waals surface area contributed by atoms with Crippen molar-refractivity contribution in [3.05, 3.63) is 29.8 Å². The Morgan fingerprint density at radius 2 is 1.65 bits per heavy atom. The van der Waals surface area contributed by atoms with Crippen LogP contribution in [-0.2, 0) is 25.4 Å². The maximum absolute atomic E-state index is 12.8. The van der Waals surface area contributed by atoms with Gasteiger partial charge in [0, 0.05) is 26.5 Å². The monoisotopic (exact) mass is 501 g/mol. The minimum atomic E-state index is -4.72. The van der Waals surface area contributed by atoms with Crippen molar-refractivity contribution in [2.24, 2.45) is 0 Å². The van der Waals surface area contributed by atoms with Gasteiger partial charge in [-0.25, -0.2) is 18.4 Å². The summed E-state index contributed by atoms with van der Waals surface area (Å²) in [5.74, 6) is -3.83. The van der Waals surface area contributed by atoms with E-state index in [1.54, 1.807) is 31.2 Å². The van der Waals surface area contributed by atoms with Gasteiger partial charge in [0.25, 0.3) is 5.92 Å². The molecule has 1 aromatic carbocycles. The zero-order chi connectivity index (χ0) is 25.8. The lowest BCUT2D eigenvalue weighted by molar-refractivity contribution is -0.162. The summed E-state index contributed by atoms with van der Waals surface area (Å²) in [5.41, 5.74) is 0.676. The third kappa shape index (κ3) is 13.1. The fourth-order valence-corrected chi connectivity index (χ4v) is 2.58. The molecule has 13 heteroatoms. The van der Waals surface area contributed by atoms with Gasteiger partial charge in [-0.05, 0) is 24.6 Å². The Balaban J connectivity index is 2.61. The summed E-state index contributed by atoms with van der Waals surface area (Å²) in [5, 5.41) is 9.13. The number of carboxylic acid groups (broad SMARTS) is 1. The van der Waals surface area contributed by atoms with Crippen LogP contribution in [0.3, 0.4) is 0 Å². The van der Waals surface area contributed by atoms with E-state index in [2.05, 4.69) is 4.74 Å². The van der Waals surface area contributed by atoms with E-state index in [4.69, 9.17) is 19.3 Å². The third-order valence-electron chi connectivity index (χ3n) is 4.10. The molecule has 0 heterocycles. The summed E-state index contributed by atoms with van der Waals surface area (Å²) in [7, 11) is 0. The molecular formula is C21H28F5NO7. The lowest BCUT2D eigenvalue weighted by atomic mass is 10.1. The molecule has 1 N–H and O–H groups in total. The second-order valence-corrected chi connectivity index (χ2v) is 7.26. The van der Waals surface area contributed by atoms with E-state index in [1.165, 1.54) is 0 Å². The van der Waals surface area contributed by atoms with Crippen molar-refractivity contribution in [1.29, 1.82) is 0 Å². The van der Waals surface area contributed by atoms with Crippen LogP contribution in [-0.4, -0.2) is 86.4 Å². The van der Waals surface area contributed by atoms with Gasteiger partial charge in [0.2, 0.25) is 0 Å². The largest absolute Gasteiger partial charge is 0.492 e. The topological polar surface area (TPSA) is 94.5 Å². The fraction of sp³-hybridized carbons (Fsp3) is 0.619. The van der Waals surface area contributed by atoms with Crippen molar-refractivity contribution in [2.75, 3.05) is 46.1 Å². The highest BCUT2D eigenvalue weighted by Crippen LogP contribution is 2.17. The predicted molar refractivity (Wildman–Crippen MR) is 109 cm³/mol. The number of benzene rings is 1. The number of nitrogens with zero attached hydrogens (tertiary/aromatic N) is 1. The highest BCUT2D eigenvalue weighted by molar-refractivity contribution is 5.72. The van der Waals surface area contributed by atoms with Gasteiger partial charge in [0.15, 0.2) is 12.7 Å². The quantitative estimate of drug-likeness (QED) is 0.289. The molecule has 1 unspecified atom stereocenters. The average Bonchev–Trinajstić information content (AvgIpc) is 2.73. The van der Waals surface area contributed by atoms with Crippen molar-refractivity contribution in [3.8, 4) is 5.75 Å². The fourth-order valence-electron chi connectivity index (χ4n) is 2.58. The number of carbonyl (C=O) groups is 2. The van der Waals surface area contributed by atoms with E-state index in [1.807, 2.05) is 0 Å². The average molecular weight is 501 g/mol. The molecule has 0 aromatic heterocycles. The molecule has 0 fully saturated rings. The van der Waals surface area contributed by atoms with Crippen molar-refractivity contribution in [3.63, 3.8) is 0 Å². The van der Waals surface area contributed by atoms with Crippen LogP contribution in [0.1, 0.15) is 19.4 Å². The van der Waals surface area contributed by atoms with Gasteiger partial charge in [0.1, 0.15) is 19.0 Å². The number of hydrogen-bond donors (Lipinski definition) is 1. The Morgan fingerprint density at radius 3 is 2.18 bits per heavy atom. The van der Waals surface area contributed by atoms with Crippen LogP contribution < -0.4 is 4.74 Å². The molecule has 194 valence electrons. The van der Waals surface area contributed by atoms with Gasteiger partial charge >= 0.3 is 18.2 Å². The summed E-state index contributed by atoms with van der Waals surface area (Å²) in [4.78, 5) is 24.0. The minimum Gasteiger partial charge on any atom is -0.492 e. The molecule has 0 saturated heterocycles. The summed E-state index contributed by atoms with van der Waals surface area (Å²) in [6.07, 6.45) is -6.87. The van der Waals surface area contributed by atoms with Crippen LogP contribution >= 0.6 is 0 Å². The molecule has 1 atom stereocenters. The van der Waals surface area contributed by atoms with E-state index in [-0.39, 0.29) is 39.3 Å². The van der Waals surface area contributed by atoms with E-state index < -0.39 is 43.5 Å². The van der Waals surface area contributed by atoms with Gasteiger partial charge in [-0.1, -0.05) is 12.1 Å². The number of carboxylic acids is 1. The maximum atomic E-state index is 12.8. The maximum Gasteiger partial charge on any atom is 0.422 e. The first-order chi connectivity index (χ1) is 15.8. The Bertz CT molecular complexity index is 753. The van der Waals surface area contributed by atoms with E-state index in [9.17, 15) is 31.5 Å². The number of halogens is 5. The first-order valence-corrected chi connectivity index (χ1v) is 10.3. The molecule has 0 bridgehead atoms. The molecule has 0 spiro atoms. The Kier molecular flexibility index (Phi) is 12.0. The van der Waals surface area contributed by atoms with Crippen molar-refractivity contribution in [2.45, 2.75) is 38.5 Å². The van der Waals surface area contributed by atoms with Gasteiger partial charge in [-0.3, -0.25) is 0 Å². The van der Waals surface area contributed by atoms with Crippen LogP contribution in [0.4, 0.5) is 26.7 Å². The van der Waals surface area contributed by atoms with Crippen LogP contribution in [0.25, 0.3) is 0 Å². The van der Waals surface area contributed by atoms with Crippen molar-refractivity contribution in [1.82, 2.24) is 4.90 Å². The van der Waals surface area contributed by atoms with Crippen LogP contribution in [0.5, 0.6) is 5.75 Å². The molecule has 1 aromatic rings. The first-order valence-electron chi connectivity index (χ1n) is 10.3. The lowest BCUT2D eigenvalue weighted by Crippen LogP contribution is -2.39. The highest BCUT2D eigenvalue weighted by atomic mass is 19.4. The van der Waals surface area contributed by atoms with Crippen LogP contribution in [0.2, 0.25) is 0 Å². The Morgan fingerprint density at radius 1 is 1.03 bits per heavy atom. The molecule has 1 rings (SSSR count). The minimum absolute atomic E-state index is 0.138. The SMILES string of the molecule is CCOC(Cc1ccc(OCCN(CCOCC(C)(F)F)C(=O)OCC(F)(F)F)cc1)C(=O)O. The number of aliphatic carboxylic acids is 1. The molecule has 0 radical (unpaired) electrons. The normalized spacial score (nSPS) is 12.8. The van der Waals surface area contributed by atoms with Crippen molar-refractivity contribution < 1.29 is 55.6 Å². The van der Waals surface area contributed by atoms with Crippen LogP contribution in [0.15, 0.2) is 24.3 Å². The van der Waals surface area contributed by atoms with Gasteiger partial charge in [0.05, 0.1) is 13.2 Å². The molecular weight excluding hydrogens is 473 g/mol. The molecule has 1 amide bonds. The van der Waals surface area contributed by atoms with E-state index in [0.717, 1.165) is 4.90 Å². The van der Waals surface area contributed by atoms with Gasteiger partial charge in [-0.2, -0.15) is 13.2 Å². The standard InChI is InChI=1S/C21H28F5NO7/c1-3-32-17(18(28)29)12-15-4-6-16(7-5-15)33-11-9-27(8-10-31-13-20(2,22)23)19(30)34-14-21(24,25)26/h4-7,17H,3,8-14H2,1-2H3,(H,28,29). The molecule has 8 nitrogen and oxygen atoms in total. The van der Waals surface area contributed by atoms with Crippen molar-refractivity contribution >= 4 is 12.1 Å². The highest BCUT2D eigenvalue weighted by Gasteiger charge is 2.31. The molecule has 34 heavy (non-hydrogen) atoms. The predicted octanol–water partition coefficient (Wildman–Crippen LogP) is 3.77. The molecule has 0 aliphatic heterocycles. The summed E-state index contributed by atoms with van der Waals surface area (Å²) in [6, 6.07) is 6.36. The molecule has 0 aliphatic rings. The number of amides is 1. The smallest absolute Gasteiger partial charge is 0.422 e. The number of carbonyl (C=O) groups excluding carboxylic acids is 1. The molecule has 0 saturated carbocycles. The second-order valence-electron chi connectivity index (χ2n) is 7.26. The zero-order valence-electron chi connectivity index (χ0n) is 18.8. The zero-order valence-corrected chi connectivity index (χ0v) is 18.8. The summed E-state index contributed by atoms with van der Waals surface area (Å²) >= 11 is 0. The lowest BCUT2D eigenvalue weighted by Gasteiger charge is -2.23. The Labute approximate surface area is 193 Å². The second kappa shape index (κ2) is 13.9. The third-order valence-corrected chi connectivity index (χ3v) is 4.10. The first kappa shape index (κ1) is 29.4. The number of hydrogen-bond acceptors (Lipinski definition) is 6. The number of ether oxygens (including phenoxy) is 4. The number of rotatable bonds is 15. The van der Waals surface area contributed by atoms with Gasteiger partial charge < -0.3 is 29.0 Å². The van der Waals surface area contributed by atoms with Crippen LogP contribution in [0, 0.1) is 0 Å². The van der Waals surface area contributed by atoms with E-state index in [0.29, 0.717) is 18.2 Å². The Hall–Kier alpha value is -2.67.